The molecule has 30 heavy (non-hydrogen) atoms. The Morgan fingerprint density at radius 3 is 2.40 bits per heavy atom. The zero-order valence-corrected chi connectivity index (χ0v) is 18.4. The van der Waals surface area contributed by atoms with E-state index in [0.717, 1.165) is 18.5 Å². The van der Waals surface area contributed by atoms with Crippen molar-refractivity contribution in [1.82, 2.24) is 14.5 Å². The second kappa shape index (κ2) is 10.3. The molecular weight excluding hydrogens is 404 g/mol. The molecule has 9 heteroatoms. The molecule has 0 saturated carbocycles. The van der Waals surface area contributed by atoms with E-state index in [0.29, 0.717) is 45.3 Å². The van der Waals surface area contributed by atoms with Crippen LogP contribution >= 0.6 is 0 Å². The van der Waals surface area contributed by atoms with E-state index in [1.807, 2.05) is 37.3 Å². The first-order valence-corrected chi connectivity index (χ1v) is 12.4. The molecule has 2 heterocycles. The number of urea groups is 1. The molecule has 8 nitrogen and oxygen atoms in total. The topological polar surface area (TPSA) is 98.8 Å². The van der Waals surface area contributed by atoms with Gasteiger partial charge in [-0.3, -0.25) is 4.79 Å². The van der Waals surface area contributed by atoms with E-state index in [1.165, 1.54) is 4.31 Å². The maximum absolute atomic E-state index is 13.1. The second-order valence-corrected chi connectivity index (χ2v) is 10.0. The zero-order valence-electron chi connectivity index (χ0n) is 17.5. The highest BCUT2D eigenvalue weighted by atomic mass is 32.2. The van der Waals surface area contributed by atoms with E-state index < -0.39 is 16.1 Å². The third-order valence-corrected chi connectivity index (χ3v) is 7.81. The van der Waals surface area contributed by atoms with Crippen LogP contribution in [0, 0.1) is 0 Å². The first-order valence-electron chi connectivity index (χ1n) is 10.8. The summed E-state index contributed by atoms with van der Waals surface area (Å²) in [6, 6.07) is 8.40. The molecule has 2 saturated heterocycles. The van der Waals surface area contributed by atoms with Crippen molar-refractivity contribution >= 4 is 27.6 Å². The average molecular weight is 437 g/mol. The number of piperidine rings is 2. The normalized spacial score (nSPS) is 21.2. The Kier molecular flexibility index (Phi) is 7.71. The fraction of sp³-hybridized carbons (Fsp3) is 0.619. The monoisotopic (exact) mass is 436 g/mol. The molecule has 1 aromatic rings. The molecule has 2 fully saturated rings. The minimum absolute atomic E-state index is 0.0101. The minimum Gasteiger partial charge on any atom is -0.341 e. The lowest BCUT2D eigenvalue weighted by Crippen LogP contribution is -2.56. The lowest BCUT2D eigenvalue weighted by Gasteiger charge is -2.39. The number of carbonyl (C=O) groups is 2. The van der Waals surface area contributed by atoms with Crippen LogP contribution in [0.4, 0.5) is 10.5 Å². The molecule has 3 amide bonds. The predicted molar refractivity (Wildman–Crippen MR) is 117 cm³/mol. The number of amides is 3. The number of para-hydroxylation sites is 1. The molecule has 3 rings (SSSR count). The van der Waals surface area contributed by atoms with Crippen LogP contribution in [0.2, 0.25) is 0 Å². The number of sulfonamides is 1. The van der Waals surface area contributed by atoms with Gasteiger partial charge in [-0.25, -0.2) is 13.2 Å². The van der Waals surface area contributed by atoms with Crippen molar-refractivity contribution in [2.75, 3.05) is 30.7 Å². The third-order valence-electron chi connectivity index (χ3n) is 5.73. The highest BCUT2D eigenvalue weighted by Gasteiger charge is 2.39. The fourth-order valence-electron chi connectivity index (χ4n) is 4.19. The van der Waals surface area contributed by atoms with Crippen LogP contribution in [0.3, 0.4) is 0 Å². The van der Waals surface area contributed by atoms with Gasteiger partial charge in [0.2, 0.25) is 15.9 Å². The van der Waals surface area contributed by atoms with Gasteiger partial charge in [0.25, 0.3) is 0 Å². The highest BCUT2D eigenvalue weighted by molar-refractivity contribution is 7.89. The van der Waals surface area contributed by atoms with Gasteiger partial charge in [0.1, 0.15) is 6.04 Å². The van der Waals surface area contributed by atoms with Crippen molar-refractivity contribution in [2.24, 2.45) is 0 Å². The Labute approximate surface area is 179 Å². The van der Waals surface area contributed by atoms with Crippen molar-refractivity contribution in [1.29, 1.82) is 0 Å². The summed E-state index contributed by atoms with van der Waals surface area (Å²) in [5.74, 6) is -0.0131. The van der Waals surface area contributed by atoms with Crippen molar-refractivity contribution in [3.8, 4) is 0 Å². The van der Waals surface area contributed by atoms with E-state index in [-0.39, 0.29) is 23.7 Å². The maximum atomic E-state index is 13.1. The van der Waals surface area contributed by atoms with Gasteiger partial charge < -0.3 is 15.5 Å². The lowest BCUT2D eigenvalue weighted by atomic mass is 10.0. The summed E-state index contributed by atoms with van der Waals surface area (Å²) in [6.45, 7) is 3.31. The Morgan fingerprint density at radius 1 is 1.03 bits per heavy atom. The molecule has 0 spiro atoms. The number of hydrogen-bond acceptors (Lipinski definition) is 4. The number of nitrogens with zero attached hydrogens (tertiary/aromatic N) is 2. The van der Waals surface area contributed by atoms with Crippen molar-refractivity contribution in [3.05, 3.63) is 30.3 Å². The predicted octanol–water partition coefficient (Wildman–Crippen LogP) is 2.39. The summed E-state index contributed by atoms with van der Waals surface area (Å²) in [4.78, 5) is 27.0. The molecule has 0 radical (unpaired) electrons. The number of likely N-dealkylation sites (tertiary alicyclic amines) is 1. The first-order chi connectivity index (χ1) is 14.4. The largest absolute Gasteiger partial charge is 0.341 e. The van der Waals surface area contributed by atoms with E-state index in [1.54, 1.807) is 4.90 Å². The first kappa shape index (κ1) is 22.6. The van der Waals surface area contributed by atoms with Gasteiger partial charge in [0.15, 0.2) is 0 Å². The van der Waals surface area contributed by atoms with Gasteiger partial charge >= 0.3 is 6.03 Å². The van der Waals surface area contributed by atoms with Gasteiger partial charge in [-0.05, 0) is 44.2 Å². The summed E-state index contributed by atoms with van der Waals surface area (Å²) in [6.07, 6.45) is 4.10. The number of carbonyl (C=O) groups excluding carboxylic acids is 2. The molecule has 166 valence electrons. The molecule has 0 aromatic heterocycles. The Balaban J connectivity index is 1.52. The van der Waals surface area contributed by atoms with Crippen molar-refractivity contribution < 1.29 is 18.0 Å². The fourth-order valence-corrected chi connectivity index (χ4v) is 5.93. The van der Waals surface area contributed by atoms with E-state index in [4.69, 9.17) is 0 Å². The Morgan fingerprint density at radius 2 is 1.73 bits per heavy atom. The van der Waals surface area contributed by atoms with Gasteiger partial charge in [-0.1, -0.05) is 31.5 Å². The maximum Gasteiger partial charge on any atom is 0.319 e. The standard InChI is InChI=1S/C21H32N4O4S/c1-2-16-30(28,29)25-13-7-6-10-19(25)20(26)24-14-11-18(12-15-24)23-21(27)22-17-8-4-3-5-9-17/h3-5,8-9,18-19H,2,6-7,10-16H2,1H3,(H2,22,23,27). The quantitative estimate of drug-likeness (QED) is 0.715. The molecule has 0 bridgehead atoms. The third kappa shape index (κ3) is 5.72. The number of rotatable bonds is 6. The lowest BCUT2D eigenvalue weighted by molar-refractivity contribution is -0.137. The summed E-state index contributed by atoms with van der Waals surface area (Å²) >= 11 is 0. The van der Waals surface area contributed by atoms with E-state index in [2.05, 4.69) is 10.6 Å². The van der Waals surface area contributed by atoms with Crippen molar-refractivity contribution in [3.63, 3.8) is 0 Å². The number of nitrogens with one attached hydrogen (secondary N) is 2. The molecule has 1 aromatic carbocycles. The van der Waals surface area contributed by atoms with Gasteiger partial charge in [0, 0.05) is 31.4 Å². The van der Waals surface area contributed by atoms with Crippen LogP contribution in [0.5, 0.6) is 0 Å². The molecule has 1 unspecified atom stereocenters. The van der Waals surface area contributed by atoms with Crippen LogP contribution in [-0.4, -0.2) is 67.0 Å². The Bertz CT molecular complexity index is 823. The molecule has 2 aliphatic rings. The van der Waals surface area contributed by atoms with Crippen LogP contribution in [0.15, 0.2) is 30.3 Å². The molecule has 1 atom stereocenters. The number of benzene rings is 1. The van der Waals surface area contributed by atoms with Crippen molar-refractivity contribution in [2.45, 2.75) is 57.5 Å². The summed E-state index contributed by atoms with van der Waals surface area (Å²) in [7, 11) is -3.40. The van der Waals surface area contributed by atoms with Gasteiger partial charge in [0.05, 0.1) is 5.75 Å². The molecule has 2 N–H and O–H groups in total. The van der Waals surface area contributed by atoms with Gasteiger partial charge in [-0.15, -0.1) is 0 Å². The zero-order chi connectivity index (χ0) is 21.6. The second-order valence-electron chi connectivity index (χ2n) is 8.00. The van der Waals surface area contributed by atoms with Crippen LogP contribution in [0.1, 0.15) is 45.4 Å². The number of anilines is 1. The minimum atomic E-state index is -3.40. The van der Waals surface area contributed by atoms with Crippen LogP contribution in [-0.2, 0) is 14.8 Å². The average Bonchev–Trinajstić information content (AvgIpc) is 2.74. The summed E-state index contributed by atoms with van der Waals surface area (Å²) < 4.78 is 26.6. The molecular formula is C21H32N4O4S. The van der Waals surface area contributed by atoms with Crippen LogP contribution < -0.4 is 10.6 Å². The Hall–Kier alpha value is -2.13. The van der Waals surface area contributed by atoms with E-state index >= 15 is 0 Å². The van der Waals surface area contributed by atoms with Crippen LogP contribution in [0.25, 0.3) is 0 Å². The summed E-state index contributed by atoms with van der Waals surface area (Å²) in [5, 5.41) is 5.77. The van der Waals surface area contributed by atoms with E-state index in [9.17, 15) is 18.0 Å². The molecule has 0 aliphatic carbocycles. The van der Waals surface area contributed by atoms with Gasteiger partial charge in [-0.2, -0.15) is 4.31 Å². The SMILES string of the molecule is CCCS(=O)(=O)N1CCCCC1C(=O)N1CCC(NC(=O)Nc2ccccc2)CC1. The molecule has 2 aliphatic heterocycles. The highest BCUT2D eigenvalue weighted by Crippen LogP contribution is 2.24. The summed E-state index contributed by atoms with van der Waals surface area (Å²) in [5.41, 5.74) is 0.730. The number of hydrogen-bond donors (Lipinski definition) is 2. The smallest absolute Gasteiger partial charge is 0.319 e.